The topological polar surface area (TPSA) is 67.2 Å². The zero-order valence-electron chi connectivity index (χ0n) is 12.0. The Balaban J connectivity index is 2.18. The fraction of sp³-hybridized carbons (Fsp3) is 0.188. The summed E-state index contributed by atoms with van der Waals surface area (Å²) >= 11 is 5.97. The molecule has 1 atom stereocenters. The number of nitrogens with one attached hydrogen (secondary N) is 2. The summed E-state index contributed by atoms with van der Waals surface area (Å²) in [5, 5.41) is 3.59. The average molecular weight is 304 g/mol. The quantitative estimate of drug-likeness (QED) is 0.599. The van der Waals surface area contributed by atoms with Crippen molar-refractivity contribution in [2.24, 2.45) is 5.84 Å². The number of benzene rings is 2. The highest BCUT2D eigenvalue weighted by atomic mass is 35.5. The van der Waals surface area contributed by atoms with Gasteiger partial charge in [0.25, 0.3) is 5.91 Å². The van der Waals surface area contributed by atoms with E-state index in [1.54, 1.807) is 12.1 Å². The lowest BCUT2D eigenvalue weighted by Gasteiger charge is -2.16. The Bertz CT molecular complexity index is 658. The van der Waals surface area contributed by atoms with Gasteiger partial charge in [-0.1, -0.05) is 29.8 Å². The van der Waals surface area contributed by atoms with Crippen LogP contribution in [-0.4, -0.2) is 5.91 Å². The third-order valence-corrected chi connectivity index (χ3v) is 3.51. The van der Waals surface area contributed by atoms with Crippen LogP contribution in [0.5, 0.6) is 0 Å². The van der Waals surface area contributed by atoms with Crippen LogP contribution in [0.15, 0.2) is 42.5 Å². The number of aryl methyl sites for hydroxylation is 1. The van der Waals surface area contributed by atoms with Gasteiger partial charge in [0.1, 0.15) is 0 Å². The molecule has 110 valence electrons. The minimum Gasteiger partial charge on any atom is -0.345 e. The molecular formula is C16H18ClN3O. The third-order valence-electron chi connectivity index (χ3n) is 3.27. The lowest BCUT2D eigenvalue weighted by atomic mass is 10.1. The first-order valence-corrected chi connectivity index (χ1v) is 7.02. The lowest BCUT2D eigenvalue weighted by molar-refractivity contribution is 0.0940. The highest BCUT2D eigenvalue weighted by molar-refractivity contribution is 6.30. The number of hydrogen-bond acceptors (Lipinski definition) is 3. The smallest absolute Gasteiger partial charge is 0.253 e. The normalized spacial score (nSPS) is 11.8. The second-order valence-electron chi connectivity index (χ2n) is 4.94. The van der Waals surface area contributed by atoms with Crippen LogP contribution in [0, 0.1) is 6.92 Å². The molecule has 0 aliphatic carbocycles. The van der Waals surface area contributed by atoms with E-state index in [-0.39, 0.29) is 11.9 Å². The van der Waals surface area contributed by atoms with Gasteiger partial charge in [0, 0.05) is 5.02 Å². The number of hydrazine groups is 1. The first-order valence-electron chi connectivity index (χ1n) is 6.65. The fourth-order valence-electron chi connectivity index (χ4n) is 2.11. The second kappa shape index (κ2) is 6.61. The zero-order valence-corrected chi connectivity index (χ0v) is 12.7. The van der Waals surface area contributed by atoms with Crippen molar-refractivity contribution in [3.05, 3.63) is 64.2 Å². The Morgan fingerprint density at radius 2 is 2.00 bits per heavy atom. The van der Waals surface area contributed by atoms with Crippen molar-refractivity contribution in [1.29, 1.82) is 0 Å². The Morgan fingerprint density at radius 1 is 1.24 bits per heavy atom. The number of amides is 1. The summed E-state index contributed by atoms with van der Waals surface area (Å²) in [7, 11) is 0. The summed E-state index contributed by atoms with van der Waals surface area (Å²) < 4.78 is 0. The third kappa shape index (κ3) is 3.74. The fourth-order valence-corrected chi connectivity index (χ4v) is 2.31. The molecule has 21 heavy (non-hydrogen) atoms. The van der Waals surface area contributed by atoms with E-state index in [0.717, 1.165) is 11.1 Å². The maximum absolute atomic E-state index is 12.4. The number of nitrogens with two attached hydrogens (primary N) is 1. The Morgan fingerprint density at radius 3 is 2.67 bits per heavy atom. The summed E-state index contributed by atoms with van der Waals surface area (Å²) in [6.45, 7) is 3.85. The molecule has 0 spiro atoms. The van der Waals surface area contributed by atoms with Crippen molar-refractivity contribution in [2.45, 2.75) is 19.9 Å². The van der Waals surface area contributed by atoms with Crippen LogP contribution in [-0.2, 0) is 0 Å². The molecule has 2 aromatic carbocycles. The first-order chi connectivity index (χ1) is 10.0. The van der Waals surface area contributed by atoms with Crippen LogP contribution in [0.25, 0.3) is 0 Å². The molecule has 0 fully saturated rings. The molecule has 2 rings (SSSR count). The van der Waals surface area contributed by atoms with E-state index in [9.17, 15) is 4.79 Å². The zero-order chi connectivity index (χ0) is 15.4. The monoisotopic (exact) mass is 303 g/mol. The Hall–Kier alpha value is -2.04. The molecule has 1 unspecified atom stereocenters. The Kier molecular flexibility index (Phi) is 4.83. The van der Waals surface area contributed by atoms with Gasteiger partial charge < -0.3 is 10.7 Å². The summed E-state index contributed by atoms with van der Waals surface area (Å²) in [5.74, 6) is 5.29. The van der Waals surface area contributed by atoms with E-state index < -0.39 is 0 Å². The lowest BCUT2D eigenvalue weighted by Crippen LogP contribution is -2.28. The number of carbonyl (C=O) groups is 1. The number of rotatable bonds is 4. The summed E-state index contributed by atoms with van der Waals surface area (Å²) in [5.41, 5.74) is 5.65. The molecular weight excluding hydrogens is 286 g/mol. The molecule has 0 saturated carbocycles. The molecule has 4 nitrogen and oxygen atoms in total. The minimum absolute atomic E-state index is 0.150. The van der Waals surface area contributed by atoms with Gasteiger partial charge >= 0.3 is 0 Å². The molecule has 0 aliphatic rings. The molecule has 0 saturated heterocycles. The van der Waals surface area contributed by atoms with Gasteiger partial charge in [-0.05, 0) is 49.2 Å². The first kappa shape index (κ1) is 15.4. The van der Waals surface area contributed by atoms with Gasteiger partial charge in [-0.15, -0.1) is 0 Å². The van der Waals surface area contributed by atoms with Crippen molar-refractivity contribution >= 4 is 23.2 Å². The molecule has 5 heteroatoms. The summed E-state index contributed by atoms with van der Waals surface area (Å²) in [6.07, 6.45) is 0. The standard InChI is InChI=1S/C16H18ClN3O/c1-10-6-7-14(15(8-10)20-18)16(21)19-11(2)12-4-3-5-13(17)9-12/h3-9,11,20H,18H2,1-2H3,(H,19,21). The summed E-state index contributed by atoms with van der Waals surface area (Å²) in [6, 6.07) is 12.7. The van der Waals surface area contributed by atoms with Gasteiger partial charge in [0.05, 0.1) is 17.3 Å². The van der Waals surface area contributed by atoms with E-state index in [4.69, 9.17) is 17.4 Å². The van der Waals surface area contributed by atoms with E-state index in [1.807, 2.05) is 44.2 Å². The van der Waals surface area contributed by atoms with Gasteiger partial charge in [0.2, 0.25) is 0 Å². The maximum Gasteiger partial charge on any atom is 0.253 e. The number of halogens is 1. The van der Waals surface area contributed by atoms with Crippen molar-refractivity contribution in [1.82, 2.24) is 5.32 Å². The molecule has 4 N–H and O–H groups in total. The van der Waals surface area contributed by atoms with Gasteiger partial charge in [-0.25, -0.2) is 0 Å². The van der Waals surface area contributed by atoms with Crippen LogP contribution in [0.2, 0.25) is 5.02 Å². The Labute approximate surface area is 129 Å². The highest BCUT2D eigenvalue weighted by Gasteiger charge is 2.14. The van der Waals surface area contributed by atoms with Crippen LogP contribution in [0.4, 0.5) is 5.69 Å². The van der Waals surface area contributed by atoms with E-state index in [0.29, 0.717) is 16.3 Å². The van der Waals surface area contributed by atoms with Crippen LogP contribution in [0.1, 0.15) is 34.5 Å². The predicted molar refractivity (Wildman–Crippen MR) is 86.3 cm³/mol. The van der Waals surface area contributed by atoms with E-state index >= 15 is 0 Å². The predicted octanol–water partition coefficient (Wildman–Crippen LogP) is 3.43. The van der Waals surface area contributed by atoms with Gasteiger partial charge in [-0.3, -0.25) is 10.6 Å². The van der Waals surface area contributed by atoms with Gasteiger partial charge in [0.15, 0.2) is 0 Å². The van der Waals surface area contributed by atoms with E-state index in [1.165, 1.54) is 0 Å². The second-order valence-corrected chi connectivity index (χ2v) is 5.38. The largest absolute Gasteiger partial charge is 0.345 e. The summed E-state index contributed by atoms with van der Waals surface area (Å²) in [4.78, 5) is 12.4. The molecule has 0 bridgehead atoms. The molecule has 0 aromatic heterocycles. The number of anilines is 1. The molecule has 2 aromatic rings. The van der Waals surface area contributed by atoms with Gasteiger partial charge in [-0.2, -0.15) is 0 Å². The molecule has 0 heterocycles. The SMILES string of the molecule is Cc1ccc(C(=O)NC(C)c2cccc(Cl)c2)c(NN)c1. The molecule has 1 amide bonds. The van der Waals surface area contributed by atoms with Crippen LogP contribution >= 0.6 is 11.6 Å². The van der Waals surface area contributed by atoms with Crippen molar-refractivity contribution in [3.63, 3.8) is 0 Å². The molecule has 0 aliphatic heterocycles. The molecule has 0 radical (unpaired) electrons. The van der Waals surface area contributed by atoms with Crippen molar-refractivity contribution < 1.29 is 4.79 Å². The number of carbonyl (C=O) groups excluding carboxylic acids is 1. The highest BCUT2D eigenvalue weighted by Crippen LogP contribution is 2.20. The van der Waals surface area contributed by atoms with Crippen LogP contribution < -0.4 is 16.6 Å². The van der Waals surface area contributed by atoms with E-state index in [2.05, 4.69) is 10.7 Å². The number of nitrogen functional groups attached to an aromatic ring is 1. The average Bonchev–Trinajstić information content (AvgIpc) is 2.46. The number of hydrogen-bond donors (Lipinski definition) is 3. The van der Waals surface area contributed by atoms with Crippen molar-refractivity contribution in [2.75, 3.05) is 5.43 Å². The maximum atomic E-state index is 12.4. The van der Waals surface area contributed by atoms with Crippen LogP contribution in [0.3, 0.4) is 0 Å². The minimum atomic E-state index is -0.185. The van der Waals surface area contributed by atoms with Crippen molar-refractivity contribution in [3.8, 4) is 0 Å².